The Labute approximate surface area is 102 Å². The van der Waals surface area contributed by atoms with E-state index in [4.69, 9.17) is 5.11 Å². The molecule has 1 rings (SSSR count). The van der Waals surface area contributed by atoms with E-state index >= 15 is 0 Å². The molecule has 0 saturated carbocycles. The second kappa shape index (κ2) is 4.97. The largest absolute Gasteiger partial charge is 0.435 e. The zero-order valence-electron chi connectivity index (χ0n) is 10.2. The van der Waals surface area contributed by atoms with Crippen molar-refractivity contribution in [2.45, 2.75) is 19.2 Å². The lowest BCUT2D eigenvalue weighted by molar-refractivity contribution is -0.141. The summed E-state index contributed by atoms with van der Waals surface area (Å²) >= 11 is 0. The summed E-state index contributed by atoms with van der Waals surface area (Å²) in [5.74, 6) is -0.823. The highest BCUT2D eigenvalue weighted by Gasteiger charge is 2.39. The number of carbonyl (C=O) groups excluding carboxylic acids is 1. The van der Waals surface area contributed by atoms with Crippen molar-refractivity contribution >= 4 is 5.91 Å². The average Bonchev–Trinajstić information content (AvgIpc) is 2.57. The summed E-state index contributed by atoms with van der Waals surface area (Å²) in [7, 11) is 2.63. The van der Waals surface area contributed by atoms with Crippen LogP contribution in [0.1, 0.15) is 23.0 Å². The number of aryl methyl sites for hydroxylation is 1. The van der Waals surface area contributed by atoms with Crippen molar-refractivity contribution < 1.29 is 23.1 Å². The molecule has 0 radical (unpaired) electrons. The van der Waals surface area contributed by atoms with Gasteiger partial charge in [0.2, 0.25) is 0 Å². The molecule has 102 valence electrons. The summed E-state index contributed by atoms with van der Waals surface area (Å²) in [6.07, 6.45) is -4.48. The first kappa shape index (κ1) is 14.5. The van der Waals surface area contributed by atoms with Crippen LogP contribution in [0.15, 0.2) is 6.20 Å². The Bertz CT molecular complexity index is 440. The van der Waals surface area contributed by atoms with Gasteiger partial charge >= 0.3 is 6.18 Å². The Morgan fingerprint density at radius 1 is 1.61 bits per heavy atom. The van der Waals surface area contributed by atoms with Crippen LogP contribution in [0.3, 0.4) is 0 Å². The molecular weight excluding hydrogens is 251 g/mol. The summed E-state index contributed by atoms with van der Waals surface area (Å²) in [4.78, 5) is 12.8. The minimum atomic E-state index is -4.68. The maximum Gasteiger partial charge on any atom is 0.435 e. The van der Waals surface area contributed by atoms with E-state index in [1.165, 1.54) is 21.0 Å². The summed E-state index contributed by atoms with van der Waals surface area (Å²) in [5.41, 5.74) is -1.74. The lowest BCUT2D eigenvalue weighted by Crippen LogP contribution is -2.34. The van der Waals surface area contributed by atoms with E-state index in [9.17, 15) is 18.0 Å². The van der Waals surface area contributed by atoms with Crippen molar-refractivity contribution in [3.05, 3.63) is 17.5 Å². The van der Waals surface area contributed by atoms with Gasteiger partial charge < -0.3 is 10.0 Å². The molecule has 0 aliphatic heterocycles. The first-order valence-corrected chi connectivity index (χ1v) is 5.17. The van der Waals surface area contributed by atoms with E-state index in [-0.39, 0.29) is 6.54 Å². The Morgan fingerprint density at radius 2 is 2.17 bits per heavy atom. The maximum absolute atomic E-state index is 12.7. The molecule has 0 fully saturated rings. The van der Waals surface area contributed by atoms with Crippen molar-refractivity contribution in [2.24, 2.45) is 7.05 Å². The molecule has 1 N–H and O–H groups in total. The van der Waals surface area contributed by atoms with Gasteiger partial charge in [-0.3, -0.25) is 9.48 Å². The zero-order chi connectivity index (χ0) is 14.1. The van der Waals surface area contributed by atoms with Crippen molar-refractivity contribution in [2.75, 3.05) is 13.6 Å². The van der Waals surface area contributed by atoms with Crippen LogP contribution in [0.5, 0.6) is 0 Å². The van der Waals surface area contributed by atoms with Crippen LogP contribution in [-0.2, 0) is 13.2 Å². The molecule has 1 amide bonds. The first-order chi connectivity index (χ1) is 8.12. The number of aromatic nitrogens is 2. The number of rotatable bonds is 3. The molecule has 18 heavy (non-hydrogen) atoms. The SMILES string of the molecule is CC(O)CN(C)C(=O)c1cn(C)nc1C(F)(F)F. The van der Waals surface area contributed by atoms with Crippen molar-refractivity contribution in [3.63, 3.8) is 0 Å². The topological polar surface area (TPSA) is 58.4 Å². The van der Waals surface area contributed by atoms with Crippen LogP contribution in [0.2, 0.25) is 0 Å². The van der Waals surface area contributed by atoms with Gasteiger partial charge in [-0.1, -0.05) is 0 Å². The van der Waals surface area contributed by atoms with E-state index < -0.39 is 29.4 Å². The van der Waals surface area contributed by atoms with Gasteiger partial charge in [-0.15, -0.1) is 0 Å². The molecule has 0 bridgehead atoms. The number of carbonyl (C=O) groups is 1. The number of likely N-dealkylation sites (N-methyl/N-ethyl adjacent to an activating group) is 1. The van der Waals surface area contributed by atoms with Gasteiger partial charge in [0.15, 0.2) is 5.69 Å². The van der Waals surface area contributed by atoms with Crippen LogP contribution < -0.4 is 0 Å². The predicted molar refractivity (Wildman–Crippen MR) is 56.9 cm³/mol. The Kier molecular flexibility index (Phi) is 4.00. The molecule has 0 spiro atoms. The number of alkyl halides is 3. The average molecular weight is 265 g/mol. The quantitative estimate of drug-likeness (QED) is 0.883. The highest BCUT2D eigenvalue weighted by Crippen LogP contribution is 2.30. The van der Waals surface area contributed by atoms with Gasteiger partial charge in [0.05, 0.1) is 11.7 Å². The molecule has 8 heteroatoms. The van der Waals surface area contributed by atoms with Gasteiger partial charge in [-0.05, 0) is 6.92 Å². The summed E-state index contributed by atoms with van der Waals surface area (Å²) < 4.78 is 38.9. The van der Waals surface area contributed by atoms with E-state index in [0.717, 1.165) is 15.8 Å². The minimum Gasteiger partial charge on any atom is -0.392 e. The number of aliphatic hydroxyl groups excluding tert-OH is 1. The zero-order valence-corrected chi connectivity index (χ0v) is 10.2. The normalized spacial score (nSPS) is 13.5. The summed E-state index contributed by atoms with van der Waals surface area (Å²) in [5, 5.41) is 12.4. The second-order valence-corrected chi connectivity index (χ2v) is 4.10. The molecule has 1 aromatic heterocycles. The Morgan fingerprint density at radius 3 is 2.61 bits per heavy atom. The minimum absolute atomic E-state index is 0.0506. The van der Waals surface area contributed by atoms with Gasteiger partial charge in [0, 0.05) is 26.8 Å². The predicted octanol–water partition coefficient (Wildman–Crippen LogP) is 0.892. The second-order valence-electron chi connectivity index (χ2n) is 4.10. The molecule has 1 unspecified atom stereocenters. The number of hydrogen-bond acceptors (Lipinski definition) is 3. The molecule has 0 aliphatic rings. The Hall–Kier alpha value is -1.57. The monoisotopic (exact) mass is 265 g/mol. The first-order valence-electron chi connectivity index (χ1n) is 5.17. The van der Waals surface area contributed by atoms with Crippen LogP contribution in [0, 0.1) is 0 Å². The summed E-state index contributed by atoms with van der Waals surface area (Å²) in [6.45, 7) is 1.39. The lowest BCUT2D eigenvalue weighted by Gasteiger charge is -2.18. The smallest absolute Gasteiger partial charge is 0.392 e. The van der Waals surface area contributed by atoms with E-state index in [1.54, 1.807) is 0 Å². The van der Waals surface area contributed by atoms with Gasteiger partial charge in [-0.2, -0.15) is 18.3 Å². The van der Waals surface area contributed by atoms with E-state index in [0.29, 0.717) is 0 Å². The van der Waals surface area contributed by atoms with E-state index in [1.807, 2.05) is 0 Å². The van der Waals surface area contributed by atoms with Crippen molar-refractivity contribution in [3.8, 4) is 0 Å². The number of amides is 1. The number of halogens is 3. The fourth-order valence-corrected chi connectivity index (χ4v) is 1.54. The standard InChI is InChI=1S/C10H14F3N3O2/c1-6(17)4-15(2)9(18)7-5-16(3)14-8(7)10(11,12)13/h5-6,17H,4H2,1-3H3. The highest BCUT2D eigenvalue weighted by atomic mass is 19.4. The van der Waals surface area contributed by atoms with Crippen LogP contribution in [0.4, 0.5) is 13.2 Å². The lowest BCUT2D eigenvalue weighted by atomic mass is 10.2. The van der Waals surface area contributed by atoms with Crippen LogP contribution >= 0.6 is 0 Å². The third-order valence-electron chi connectivity index (χ3n) is 2.21. The maximum atomic E-state index is 12.7. The summed E-state index contributed by atoms with van der Waals surface area (Å²) in [6, 6.07) is 0. The molecule has 0 saturated heterocycles. The van der Waals surface area contributed by atoms with Crippen molar-refractivity contribution in [1.29, 1.82) is 0 Å². The van der Waals surface area contributed by atoms with Gasteiger partial charge in [0.1, 0.15) is 0 Å². The fourth-order valence-electron chi connectivity index (χ4n) is 1.54. The molecule has 1 atom stereocenters. The Balaban J connectivity index is 3.06. The molecule has 5 nitrogen and oxygen atoms in total. The van der Waals surface area contributed by atoms with Crippen LogP contribution in [0.25, 0.3) is 0 Å². The highest BCUT2D eigenvalue weighted by molar-refractivity contribution is 5.95. The number of aliphatic hydroxyl groups is 1. The van der Waals surface area contributed by atoms with E-state index in [2.05, 4.69) is 5.10 Å². The third kappa shape index (κ3) is 3.22. The number of nitrogens with zero attached hydrogens (tertiary/aromatic N) is 3. The molecular formula is C10H14F3N3O2. The molecule has 0 aromatic carbocycles. The number of hydrogen-bond donors (Lipinski definition) is 1. The van der Waals surface area contributed by atoms with Crippen molar-refractivity contribution in [1.82, 2.24) is 14.7 Å². The third-order valence-corrected chi connectivity index (χ3v) is 2.21. The molecule has 1 aromatic rings. The molecule has 1 heterocycles. The molecule has 0 aliphatic carbocycles. The van der Waals surface area contributed by atoms with Gasteiger partial charge in [-0.25, -0.2) is 0 Å². The fraction of sp³-hybridized carbons (Fsp3) is 0.600. The van der Waals surface area contributed by atoms with Gasteiger partial charge in [0.25, 0.3) is 5.91 Å². The van der Waals surface area contributed by atoms with Crippen LogP contribution in [-0.4, -0.2) is 45.4 Å².